The van der Waals surface area contributed by atoms with Crippen LogP contribution in [0.4, 0.5) is 4.39 Å². The van der Waals surface area contributed by atoms with Gasteiger partial charge in [-0.3, -0.25) is 4.98 Å². The highest BCUT2D eigenvalue weighted by molar-refractivity contribution is 5.40. The number of nitrogens with one attached hydrogen (secondary N) is 1. The van der Waals surface area contributed by atoms with E-state index < -0.39 is 0 Å². The second kappa shape index (κ2) is 8.36. The number of benzene rings is 1. The lowest BCUT2D eigenvalue weighted by Crippen LogP contribution is -2.28. The Kier molecular flexibility index (Phi) is 6.46. The lowest BCUT2D eigenvalue weighted by Gasteiger charge is -2.28. The topological polar surface area (TPSA) is 50.9 Å². The molecule has 0 amide bonds. The molecule has 0 aliphatic carbocycles. The maximum absolute atomic E-state index is 13.2. The van der Waals surface area contributed by atoms with E-state index in [9.17, 15) is 4.39 Å². The first-order valence-corrected chi connectivity index (χ1v) is 8.55. The second-order valence-corrected chi connectivity index (χ2v) is 6.84. The number of hydrogen-bond acceptors (Lipinski definition) is 3. The molecule has 0 aliphatic heterocycles. The highest BCUT2D eigenvalue weighted by Gasteiger charge is 2.26. The third-order valence-corrected chi connectivity index (χ3v) is 4.59. The average Bonchev–Trinajstić information content (AvgIpc) is 2.56. The molecule has 0 bridgehead atoms. The minimum atomic E-state index is -0.248. The predicted octanol–water partition coefficient (Wildman–Crippen LogP) is 3.42. The number of nitrogens with two attached hydrogens (primary N) is 1. The van der Waals surface area contributed by atoms with E-state index in [4.69, 9.17) is 5.73 Å². The SMILES string of the molecule is CNCCCC(N)Cc1ncccc1C(C)(C)c1ccc(F)cc1. The van der Waals surface area contributed by atoms with Crippen LogP contribution < -0.4 is 11.1 Å². The van der Waals surface area contributed by atoms with Crippen molar-refractivity contribution in [2.45, 2.75) is 44.6 Å². The van der Waals surface area contributed by atoms with Gasteiger partial charge in [-0.25, -0.2) is 4.39 Å². The maximum atomic E-state index is 13.2. The molecule has 0 saturated carbocycles. The van der Waals surface area contributed by atoms with Crippen molar-refractivity contribution >= 4 is 0 Å². The first-order valence-electron chi connectivity index (χ1n) is 8.55. The summed E-state index contributed by atoms with van der Waals surface area (Å²) in [4.78, 5) is 4.59. The fraction of sp³-hybridized carbons (Fsp3) is 0.450. The molecule has 4 heteroatoms. The second-order valence-electron chi connectivity index (χ2n) is 6.84. The molecule has 3 nitrogen and oxygen atoms in total. The van der Waals surface area contributed by atoms with Crippen LogP contribution >= 0.6 is 0 Å². The number of pyridine rings is 1. The van der Waals surface area contributed by atoms with Gasteiger partial charge in [0.2, 0.25) is 0 Å². The number of hydrogen-bond donors (Lipinski definition) is 2. The van der Waals surface area contributed by atoms with Crippen LogP contribution in [0, 0.1) is 5.82 Å². The Morgan fingerprint density at radius 2 is 1.92 bits per heavy atom. The van der Waals surface area contributed by atoms with Gasteiger partial charge in [-0.05, 0) is 55.8 Å². The summed E-state index contributed by atoms with van der Waals surface area (Å²) in [6.07, 6.45) is 4.60. The van der Waals surface area contributed by atoms with Gasteiger partial charge < -0.3 is 11.1 Å². The summed E-state index contributed by atoms with van der Waals surface area (Å²) in [6.45, 7) is 5.27. The van der Waals surface area contributed by atoms with Crippen molar-refractivity contribution in [2.75, 3.05) is 13.6 Å². The van der Waals surface area contributed by atoms with E-state index in [1.54, 1.807) is 0 Å². The third-order valence-electron chi connectivity index (χ3n) is 4.59. The normalized spacial score (nSPS) is 13.0. The Bertz CT molecular complexity index is 638. The van der Waals surface area contributed by atoms with Crippen molar-refractivity contribution in [1.82, 2.24) is 10.3 Å². The molecular weight excluding hydrogens is 301 g/mol. The van der Waals surface area contributed by atoms with Crippen LogP contribution in [0.3, 0.4) is 0 Å². The number of aromatic nitrogens is 1. The zero-order valence-corrected chi connectivity index (χ0v) is 14.8. The van der Waals surface area contributed by atoms with E-state index in [2.05, 4.69) is 30.2 Å². The molecule has 2 rings (SSSR count). The van der Waals surface area contributed by atoms with Gasteiger partial charge in [0.05, 0.1) is 0 Å². The largest absolute Gasteiger partial charge is 0.327 e. The van der Waals surface area contributed by atoms with Crippen molar-refractivity contribution in [1.29, 1.82) is 0 Å². The number of nitrogens with zero attached hydrogens (tertiary/aromatic N) is 1. The highest BCUT2D eigenvalue weighted by atomic mass is 19.1. The Balaban J connectivity index is 2.22. The van der Waals surface area contributed by atoms with Crippen molar-refractivity contribution < 1.29 is 4.39 Å². The van der Waals surface area contributed by atoms with Gasteiger partial charge in [0.15, 0.2) is 0 Å². The smallest absolute Gasteiger partial charge is 0.123 e. The molecule has 0 aliphatic rings. The van der Waals surface area contributed by atoms with Crippen LogP contribution in [0.25, 0.3) is 0 Å². The van der Waals surface area contributed by atoms with E-state index in [0.29, 0.717) is 0 Å². The fourth-order valence-electron chi connectivity index (χ4n) is 3.08. The summed E-state index contributed by atoms with van der Waals surface area (Å²) in [5, 5.41) is 3.15. The molecule has 0 radical (unpaired) electrons. The minimum absolute atomic E-state index is 0.0935. The van der Waals surface area contributed by atoms with E-state index in [1.165, 1.54) is 12.1 Å². The fourth-order valence-corrected chi connectivity index (χ4v) is 3.08. The molecule has 2 aromatic rings. The van der Waals surface area contributed by atoms with E-state index >= 15 is 0 Å². The molecule has 1 aromatic heterocycles. The van der Waals surface area contributed by atoms with Gasteiger partial charge in [-0.1, -0.05) is 32.0 Å². The van der Waals surface area contributed by atoms with Gasteiger partial charge in [-0.2, -0.15) is 0 Å². The van der Waals surface area contributed by atoms with Crippen LogP contribution in [-0.4, -0.2) is 24.6 Å². The van der Waals surface area contributed by atoms with Crippen LogP contribution in [0.2, 0.25) is 0 Å². The van der Waals surface area contributed by atoms with Crippen molar-refractivity contribution in [3.8, 4) is 0 Å². The van der Waals surface area contributed by atoms with Gasteiger partial charge >= 0.3 is 0 Å². The zero-order chi connectivity index (χ0) is 17.6. The van der Waals surface area contributed by atoms with Gasteiger partial charge in [0.25, 0.3) is 0 Å². The Hall–Kier alpha value is -1.78. The summed E-state index contributed by atoms with van der Waals surface area (Å²) in [6, 6.07) is 10.9. The molecule has 0 fully saturated rings. The van der Waals surface area contributed by atoms with E-state index in [-0.39, 0.29) is 17.3 Å². The highest BCUT2D eigenvalue weighted by Crippen LogP contribution is 2.33. The van der Waals surface area contributed by atoms with Gasteiger partial charge in [0, 0.05) is 29.8 Å². The van der Waals surface area contributed by atoms with Crippen LogP contribution in [0.15, 0.2) is 42.6 Å². The lowest BCUT2D eigenvalue weighted by molar-refractivity contribution is 0.547. The van der Waals surface area contributed by atoms with Crippen LogP contribution in [-0.2, 0) is 11.8 Å². The standard InChI is InChI=1S/C20H28FN3/c1-20(2,15-8-10-16(21)11-9-15)18-7-5-13-24-19(18)14-17(22)6-4-12-23-3/h5,7-11,13,17,23H,4,6,12,14,22H2,1-3H3. The van der Waals surface area contributed by atoms with Crippen molar-refractivity contribution in [3.05, 3.63) is 65.2 Å². The van der Waals surface area contributed by atoms with Crippen LogP contribution in [0.5, 0.6) is 0 Å². The summed E-state index contributed by atoms with van der Waals surface area (Å²) >= 11 is 0. The molecule has 1 heterocycles. The van der Waals surface area contributed by atoms with Crippen molar-refractivity contribution in [2.24, 2.45) is 5.73 Å². The Morgan fingerprint density at radius 3 is 2.58 bits per heavy atom. The third kappa shape index (κ3) is 4.62. The molecule has 1 unspecified atom stereocenters. The quantitative estimate of drug-likeness (QED) is 0.730. The van der Waals surface area contributed by atoms with Gasteiger partial charge in [0.1, 0.15) is 5.82 Å². The lowest BCUT2D eigenvalue weighted by atomic mass is 9.76. The molecular formula is C20H28FN3. The number of halogens is 1. The van der Waals surface area contributed by atoms with Gasteiger partial charge in [-0.15, -0.1) is 0 Å². The summed E-state index contributed by atoms with van der Waals surface area (Å²) in [5.74, 6) is -0.215. The Labute approximate surface area is 144 Å². The molecule has 24 heavy (non-hydrogen) atoms. The molecule has 0 saturated heterocycles. The molecule has 130 valence electrons. The summed E-state index contributed by atoms with van der Waals surface area (Å²) in [5.41, 5.74) is 9.31. The zero-order valence-electron chi connectivity index (χ0n) is 14.8. The monoisotopic (exact) mass is 329 g/mol. The molecule has 1 atom stereocenters. The predicted molar refractivity (Wildman–Crippen MR) is 97.6 cm³/mol. The molecule has 3 N–H and O–H groups in total. The minimum Gasteiger partial charge on any atom is -0.327 e. The average molecular weight is 329 g/mol. The van der Waals surface area contributed by atoms with E-state index in [1.807, 2.05) is 31.4 Å². The molecule has 0 spiro atoms. The first kappa shape index (κ1) is 18.6. The Morgan fingerprint density at radius 1 is 1.21 bits per heavy atom. The maximum Gasteiger partial charge on any atom is 0.123 e. The van der Waals surface area contributed by atoms with Crippen molar-refractivity contribution in [3.63, 3.8) is 0 Å². The summed E-state index contributed by atoms with van der Waals surface area (Å²) < 4.78 is 13.2. The molecule has 1 aromatic carbocycles. The van der Waals surface area contributed by atoms with E-state index in [0.717, 1.165) is 42.6 Å². The number of rotatable bonds is 8. The first-order chi connectivity index (χ1) is 11.4. The van der Waals surface area contributed by atoms with Crippen LogP contribution in [0.1, 0.15) is 43.5 Å². The summed E-state index contributed by atoms with van der Waals surface area (Å²) in [7, 11) is 1.95.